The third kappa shape index (κ3) is 2.81. The first-order chi connectivity index (χ1) is 8.16. The zero-order chi connectivity index (χ0) is 12.3. The van der Waals surface area contributed by atoms with Gasteiger partial charge in [-0.2, -0.15) is 17.0 Å². The van der Waals surface area contributed by atoms with E-state index in [9.17, 15) is 13.5 Å². The summed E-state index contributed by atoms with van der Waals surface area (Å²) in [7, 11) is -3.34. The molecule has 5 nitrogen and oxygen atoms in total. The highest BCUT2D eigenvalue weighted by molar-refractivity contribution is 7.86. The maximum atomic E-state index is 12.5. The Morgan fingerprint density at radius 3 is 2.24 bits per heavy atom. The molecule has 0 spiro atoms. The topological polar surface area (TPSA) is 60.9 Å². The molecular weight excluding hydrogens is 240 g/mol. The molecule has 0 amide bonds. The number of nitrogens with zero attached hydrogens (tertiary/aromatic N) is 2. The fourth-order valence-electron chi connectivity index (χ4n) is 2.72. The summed E-state index contributed by atoms with van der Waals surface area (Å²) in [5.41, 5.74) is 0. The Morgan fingerprint density at radius 1 is 1.00 bits per heavy atom. The van der Waals surface area contributed by atoms with Crippen LogP contribution in [0.5, 0.6) is 0 Å². The second kappa shape index (κ2) is 5.65. The highest BCUT2D eigenvalue weighted by Gasteiger charge is 2.37. The van der Waals surface area contributed by atoms with Gasteiger partial charge in [0.2, 0.25) is 0 Å². The molecule has 2 aliphatic heterocycles. The summed E-state index contributed by atoms with van der Waals surface area (Å²) in [4.78, 5) is 0. The molecule has 100 valence electrons. The molecule has 0 saturated carbocycles. The summed E-state index contributed by atoms with van der Waals surface area (Å²) in [5.74, 6) is 0. The fraction of sp³-hybridized carbons (Fsp3) is 1.00. The van der Waals surface area contributed by atoms with Crippen molar-refractivity contribution in [3.8, 4) is 0 Å². The monoisotopic (exact) mass is 262 g/mol. The Bertz CT molecular complexity index is 337. The van der Waals surface area contributed by atoms with Crippen molar-refractivity contribution in [1.82, 2.24) is 8.61 Å². The van der Waals surface area contributed by atoms with Crippen LogP contribution in [0.2, 0.25) is 0 Å². The molecule has 0 bridgehead atoms. The van der Waals surface area contributed by atoms with Gasteiger partial charge in [-0.15, -0.1) is 0 Å². The molecule has 0 aromatic heterocycles. The molecule has 1 unspecified atom stereocenters. The van der Waals surface area contributed by atoms with Gasteiger partial charge < -0.3 is 5.11 Å². The summed E-state index contributed by atoms with van der Waals surface area (Å²) in [6.07, 6.45) is 5.79. The van der Waals surface area contributed by atoms with Gasteiger partial charge in [-0.25, -0.2) is 0 Å². The quantitative estimate of drug-likeness (QED) is 0.808. The zero-order valence-corrected chi connectivity index (χ0v) is 11.0. The number of aliphatic hydroxyl groups excluding tert-OH is 1. The van der Waals surface area contributed by atoms with Crippen molar-refractivity contribution in [3.05, 3.63) is 0 Å². The summed E-state index contributed by atoms with van der Waals surface area (Å²) >= 11 is 0. The minimum atomic E-state index is -3.34. The van der Waals surface area contributed by atoms with Crippen molar-refractivity contribution >= 4 is 10.2 Å². The SMILES string of the molecule is O=S(=O)(N1CCCCCC1)N1CCCC1CO. The average molecular weight is 262 g/mol. The van der Waals surface area contributed by atoms with E-state index in [0.29, 0.717) is 19.6 Å². The van der Waals surface area contributed by atoms with E-state index in [1.165, 1.54) is 4.31 Å². The second-order valence-electron chi connectivity index (χ2n) is 4.91. The van der Waals surface area contributed by atoms with Gasteiger partial charge in [0.15, 0.2) is 0 Å². The molecule has 0 aliphatic carbocycles. The van der Waals surface area contributed by atoms with Crippen LogP contribution < -0.4 is 0 Å². The largest absolute Gasteiger partial charge is 0.395 e. The summed E-state index contributed by atoms with van der Waals surface area (Å²) in [5, 5.41) is 9.23. The first kappa shape index (κ1) is 13.3. The fourth-order valence-corrected chi connectivity index (χ4v) is 4.64. The highest BCUT2D eigenvalue weighted by Crippen LogP contribution is 2.24. The van der Waals surface area contributed by atoms with E-state index in [2.05, 4.69) is 0 Å². The molecule has 2 heterocycles. The Kier molecular flexibility index (Phi) is 4.41. The van der Waals surface area contributed by atoms with E-state index in [1.54, 1.807) is 4.31 Å². The van der Waals surface area contributed by atoms with E-state index in [0.717, 1.165) is 38.5 Å². The van der Waals surface area contributed by atoms with E-state index >= 15 is 0 Å². The molecular formula is C11H22N2O3S. The standard InChI is InChI=1S/C11H22N2O3S/c14-10-11-6-5-9-13(11)17(15,16)12-7-3-1-2-4-8-12/h11,14H,1-10H2. The van der Waals surface area contributed by atoms with Crippen LogP contribution in [0.3, 0.4) is 0 Å². The second-order valence-corrected chi connectivity index (χ2v) is 6.79. The van der Waals surface area contributed by atoms with Crippen LogP contribution in [0.25, 0.3) is 0 Å². The maximum absolute atomic E-state index is 12.5. The normalized spacial score (nSPS) is 29.4. The maximum Gasteiger partial charge on any atom is 0.282 e. The van der Waals surface area contributed by atoms with Crippen molar-refractivity contribution < 1.29 is 13.5 Å². The van der Waals surface area contributed by atoms with Crippen LogP contribution in [0.1, 0.15) is 38.5 Å². The molecule has 0 aromatic carbocycles. The number of aliphatic hydroxyl groups is 1. The van der Waals surface area contributed by atoms with Gasteiger partial charge in [0.25, 0.3) is 10.2 Å². The van der Waals surface area contributed by atoms with Gasteiger partial charge in [-0.3, -0.25) is 0 Å². The molecule has 17 heavy (non-hydrogen) atoms. The summed E-state index contributed by atoms with van der Waals surface area (Å²) < 4.78 is 28.0. The third-order valence-electron chi connectivity index (χ3n) is 3.72. The average Bonchev–Trinajstić information content (AvgIpc) is 2.63. The molecule has 0 aromatic rings. The molecule has 1 atom stereocenters. The summed E-state index contributed by atoms with van der Waals surface area (Å²) in [6, 6.07) is -0.205. The minimum absolute atomic E-state index is 0.0624. The molecule has 6 heteroatoms. The minimum Gasteiger partial charge on any atom is -0.395 e. The van der Waals surface area contributed by atoms with Crippen molar-refractivity contribution in [2.75, 3.05) is 26.2 Å². The molecule has 0 radical (unpaired) electrons. The van der Waals surface area contributed by atoms with Crippen LogP contribution in [0.15, 0.2) is 0 Å². The lowest BCUT2D eigenvalue weighted by Gasteiger charge is -2.29. The number of hydrogen-bond donors (Lipinski definition) is 1. The first-order valence-electron chi connectivity index (χ1n) is 6.54. The van der Waals surface area contributed by atoms with Crippen LogP contribution in [0.4, 0.5) is 0 Å². The van der Waals surface area contributed by atoms with Gasteiger partial charge in [0.05, 0.1) is 6.61 Å². The lowest BCUT2D eigenvalue weighted by atomic mass is 10.2. The van der Waals surface area contributed by atoms with E-state index in [1.807, 2.05) is 0 Å². The van der Waals surface area contributed by atoms with Gasteiger partial charge in [0.1, 0.15) is 0 Å². The van der Waals surface area contributed by atoms with Gasteiger partial charge in [-0.05, 0) is 25.7 Å². The predicted molar refractivity (Wildman–Crippen MR) is 65.8 cm³/mol. The summed E-state index contributed by atoms with van der Waals surface area (Å²) in [6.45, 7) is 1.77. The third-order valence-corrected chi connectivity index (χ3v) is 5.81. The van der Waals surface area contributed by atoms with Gasteiger partial charge >= 0.3 is 0 Å². The lowest BCUT2D eigenvalue weighted by Crippen LogP contribution is -2.47. The Balaban J connectivity index is 2.11. The van der Waals surface area contributed by atoms with Crippen LogP contribution in [-0.2, 0) is 10.2 Å². The van der Waals surface area contributed by atoms with Crippen molar-refractivity contribution in [1.29, 1.82) is 0 Å². The van der Waals surface area contributed by atoms with Gasteiger partial charge in [0, 0.05) is 25.7 Å². The van der Waals surface area contributed by atoms with Crippen LogP contribution in [-0.4, -0.2) is 54.4 Å². The Labute approximate surface area is 104 Å². The van der Waals surface area contributed by atoms with E-state index < -0.39 is 10.2 Å². The van der Waals surface area contributed by atoms with Crippen molar-refractivity contribution in [2.45, 2.75) is 44.6 Å². The molecule has 2 aliphatic rings. The van der Waals surface area contributed by atoms with E-state index in [4.69, 9.17) is 0 Å². The van der Waals surface area contributed by atoms with Crippen LogP contribution >= 0.6 is 0 Å². The molecule has 2 rings (SSSR count). The molecule has 2 fully saturated rings. The smallest absolute Gasteiger partial charge is 0.282 e. The first-order valence-corrected chi connectivity index (χ1v) is 7.94. The lowest BCUT2D eigenvalue weighted by molar-refractivity contribution is 0.206. The predicted octanol–water partition coefficient (Wildman–Crippen LogP) is 0.564. The van der Waals surface area contributed by atoms with E-state index in [-0.39, 0.29) is 12.6 Å². The molecule has 2 saturated heterocycles. The molecule has 1 N–H and O–H groups in total. The van der Waals surface area contributed by atoms with Crippen LogP contribution in [0, 0.1) is 0 Å². The van der Waals surface area contributed by atoms with Crippen molar-refractivity contribution in [3.63, 3.8) is 0 Å². The van der Waals surface area contributed by atoms with Gasteiger partial charge in [-0.1, -0.05) is 12.8 Å². The van der Waals surface area contributed by atoms with Crippen molar-refractivity contribution in [2.24, 2.45) is 0 Å². The Hall–Kier alpha value is -0.170. The zero-order valence-electron chi connectivity index (χ0n) is 10.2. The number of hydrogen-bond acceptors (Lipinski definition) is 3. The number of rotatable bonds is 3. The highest BCUT2D eigenvalue weighted by atomic mass is 32.2. The Morgan fingerprint density at radius 2 is 1.65 bits per heavy atom.